The number of aryl methyl sites for hydroxylation is 1. The van der Waals surface area contributed by atoms with Gasteiger partial charge in [-0.25, -0.2) is 9.18 Å². The zero-order valence-electron chi connectivity index (χ0n) is 19.9. The molecule has 0 unspecified atom stereocenters. The number of ether oxygens (including phenoxy) is 2. The fourth-order valence-electron chi connectivity index (χ4n) is 4.95. The highest BCUT2D eigenvalue weighted by molar-refractivity contribution is 6.09. The van der Waals surface area contributed by atoms with E-state index in [0.717, 1.165) is 18.7 Å². The Kier molecular flexibility index (Phi) is 5.01. The zero-order chi connectivity index (χ0) is 24.3. The van der Waals surface area contributed by atoms with Crippen molar-refractivity contribution in [3.05, 3.63) is 58.7 Å². The lowest BCUT2D eigenvalue weighted by molar-refractivity contribution is -0.118. The summed E-state index contributed by atoms with van der Waals surface area (Å²) in [5, 5.41) is 0.632. The van der Waals surface area contributed by atoms with Crippen LogP contribution in [0.4, 0.5) is 4.39 Å². The molecule has 9 heteroatoms. The lowest BCUT2D eigenvalue weighted by atomic mass is 9.98. The van der Waals surface area contributed by atoms with Crippen molar-refractivity contribution in [1.82, 2.24) is 24.0 Å². The van der Waals surface area contributed by atoms with Crippen LogP contribution < -0.4 is 10.4 Å². The lowest BCUT2D eigenvalue weighted by Gasteiger charge is -2.40. The van der Waals surface area contributed by atoms with Gasteiger partial charge in [0, 0.05) is 31.4 Å². The first kappa shape index (κ1) is 21.9. The molecule has 4 aromatic rings. The van der Waals surface area contributed by atoms with Gasteiger partial charge in [-0.05, 0) is 32.7 Å². The summed E-state index contributed by atoms with van der Waals surface area (Å²) in [6.45, 7) is 1.87. The number of rotatable bonds is 5. The van der Waals surface area contributed by atoms with E-state index < -0.39 is 11.4 Å². The average Bonchev–Trinajstić information content (AvgIpc) is 2.97. The van der Waals surface area contributed by atoms with Crippen molar-refractivity contribution in [1.29, 1.82) is 0 Å². The number of fused-ring (bicyclic) bond motifs is 1. The highest BCUT2D eigenvalue weighted by Gasteiger charge is 2.46. The molecule has 1 spiro atoms. The number of benzene rings is 1. The molecule has 0 bridgehead atoms. The molecule has 2 aliphatic heterocycles. The summed E-state index contributed by atoms with van der Waals surface area (Å²) in [7, 11) is 5.80. The van der Waals surface area contributed by atoms with Crippen molar-refractivity contribution in [3.63, 3.8) is 0 Å². The second kappa shape index (κ2) is 8.00. The standard InChI is InChI=1S/C26H26FN5O3/c1-30(2)9-5-4-6-17-8-7-16(11-28-17)21-18(27)10-19-22-23-20(12-29-19)31(3)25(33)32(23)26(13-34-14-26)15-35-24(21)22/h4,6-8,10-12H,5,9,13-15H2,1-3H3/b6-4+. The molecule has 8 nitrogen and oxygen atoms in total. The number of imidazole rings is 1. The van der Waals surface area contributed by atoms with Crippen LogP contribution in [0.25, 0.3) is 39.1 Å². The Morgan fingerprint density at radius 2 is 2.03 bits per heavy atom. The van der Waals surface area contributed by atoms with E-state index in [4.69, 9.17) is 9.47 Å². The Morgan fingerprint density at radius 3 is 2.71 bits per heavy atom. The molecular weight excluding hydrogens is 449 g/mol. The van der Waals surface area contributed by atoms with E-state index in [1.54, 1.807) is 28.6 Å². The van der Waals surface area contributed by atoms with Crippen LogP contribution in [0.1, 0.15) is 12.1 Å². The molecule has 0 aliphatic carbocycles. The Labute approximate surface area is 201 Å². The highest BCUT2D eigenvalue weighted by atomic mass is 19.1. The van der Waals surface area contributed by atoms with E-state index >= 15 is 4.39 Å². The molecule has 35 heavy (non-hydrogen) atoms. The van der Waals surface area contributed by atoms with Gasteiger partial charge >= 0.3 is 5.69 Å². The fourth-order valence-corrected chi connectivity index (χ4v) is 4.95. The SMILES string of the molecule is CN(C)CC/C=C/c1ccc(-c2c(F)cc3ncc4c5c3c2OCC2(COC2)n5c(=O)n4C)cn1. The van der Waals surface area contributed by atoms with Crippen molar-refractivity contribution >= 4 is 28.0 Å². The maximum Gasteiger partial charge on any atom is 0.329 e. The third kappa shape index (κ3) is 3.30. The van der Waals surface area contributed by atoms with Gasteiger partial charge in [-0.15, -0.1) is 0 Å². The van der Waals surface area contributed by atoms with Gasteiger partial charge in [-0.1, -0.05) is 12.1 Å². The number of halogens is 1. The molecule has 1 fully saturated rings. The number of hydrogen-bond acceptors (Lipinski definition) is 6. The molecule has 0 radical (unpaired) electrons. The predicted octanol–water partition coefficient (Wildman–Crippen LogP) is 3.17. The summed E-state index contributed by atoms with van der Waals surface area (Å²) in [5.41, 5.74) is 2.76. The Bertz CT molecular complexity index is 1550. The summed E-state index contributed by atoms with van der Waals surface area (Å²) in [4.78, 5) is 24.4. The second-order valence-corrected chi connectivity index (χ2v) is 9.60. The molecule has 2 aliphatic rings. The number of aromatic nitrogens is 4. The first-order chi connectivity index (χ1) is 16.9. The molecule has 0 atom stereocenters. The predicted molar refractivity (Wildman–Crippen MR) is 132 cm³/mol. The monoisotopic (exact) mass is 475 g/mol. The topological polar surface area (TPSA) is 74.4 Å². The van der Waals surface area contributed by atoms with E-state index in [2.05, 4.69) is 20.9 Å². The third-order valence-electron chi connectivity index (χ3n) is 6.89. The van der Waals surface area contributed by atoms with Crippen molar-refractivity contribution in [2.24, 2.45) is 7.05 Å². The summed E-state index contributed by atoms with van der Waals surface area (Å²) in [6.07, 6.45) is 8.24. The summed E-state index contributed by atoms with van der Waals surface area (Å²) in [6, 6.07) is 5.12. The molecule has 0 amide bonds. The van der Waals surface area contributed by atoms with Gasteiger partial charge < -0.3 is 14.4 Å². The maximum atomic E-state index is 15.5. The molecule has 0 N–H and O–H groups in total. The normalized spacial score (nSPS) is 16.5. The van der Waals surface area contributed by atoms with Gasteiger partial charge in [0.05, 0.1) is 52.6 Å². The van der Waals surface area contributed by atoms with E-state index in [-0.39, 0.29) is 12.3 Å². The van der Waals surface area contributed by atoms with Crippen molar-refractivity contribution in [2.75, 3.05) is 40.5 Å². The molecule has 1 saturated heterocycles. The second-order valence-electron chi connectivity index (χ2n) is 9.60. The van der Waals surface area contributed by atoms with E-state index in [9.17, 15) is 4.79 Å². The van der Waals surface area contributed by atoms with Gasteiger partial charge in [0.15, 0.2) is 0 Å². The first-order valence-corrected chi connectivity index (χ1v) is 11.6. The van der Waals surface area contributed by atoms with Crippen LogP contribution in [0.2, 0.25) is 0 Å². The van der Waals surface area contributed by atoms with Gasteiger partial charge in [0.25, 0.3) is 0 Å². The van der Waals surface area contributed by atoms with Gasteiger partial charge in [-0.3, -0.25) is 19.1 Å². The molecular formula is C26H26FN5O3. The molecule has 6 rings (SSSR count). The zero-order valence-corrected chi connectivity index (χ0v) is 19.9. The highest BCUT2D eigenvalue weighted by Crippen LogP contribution is 2.45. The Balaban J connectivity index is 1.51. The molecule has 5 heterocycles. The van der Waals surface area contributed by atoms with E-state index in [1.165, 1.54) is 6.07 Å². The van der Waals surface area contributed by atoms with Crippen molar-refractivity contribution in [2.45, 2.75) is 12.0 Å². The molecule has 3 aromatic heterocycles. The largest absolute Gasteiger partial charge is 0.489 e. The number of pyridine rings is 2. The maximum absolute atomic E-state index is 15.5. The molecule has 1 aromatic carbocycles. The molecule has 0 saturated carbocycles. The molecule has 180 valence electrons. The summed E-state index contributed by atoms with van der Waals surface area (Å²) >= 11 is 0. The van der Waals surface area contributed by atoms with E-state index in [0.29, 0.717) is 52.0 Å². The number of nitrogens with zero attached hydrogens (tertiary/aromatic N) is 5. The van der Waals surface area contributed by atoms with Crippen LogP contribution in [0, 0.1) is 5.82 Å². The van der Waals surface area contributed by atoms with Crippen LogP contribution in [-0.4, -0.2) is 64.5 Å². The van der Waals surface area contributed by atoms with Crippen LogP contribution in [-0.2, 0) is 17.3 Å². The van der Waals surface area contributed by atoms with Gasteiger partial charge in [0.1, 0.15) is 23.7 Å². The van der Waals surface area contributed by atoms with Crippen LogP contribution in [0.5, 0.6) is 5.75 Å². The van der Waals surface area contributed by atoms with Crippen molar-refractivity contribution in [3.8, 4) is 16.9 Å². The third-order valence-corrected chi connectivity index (χ3v) is 6.89. The minimum Gasteiger partial charge on any atom is -0.489 e. The van der Waals surface area contributed by atoms with Crippen LogP contribution in [0.15, 0.2) is 41.5 Å². The lowest BCUT2D eigenvalue weighted by Crippen LogP contribution is -2.58. The first-order valence-electron chi connectivity index (χ1n) is 11.6. The smallest absolute Gasteiger partial charge is 0.329 e. The summed E-state index contributed by atoms with van der Waals surface area (Å²) in [5.74, 6) is -0.0571. The summed E-state index contributed by atoms with van der Waals surface area (Å²) < 4.78 is 30.7. The minimum absolute atomic E-state index is 0.160. The van der Waals surface area contributed by atoms with E-state index in [1.807, 2.05) is 32.3 Å². The average molecular weight is 476 g/mol. The van der Waals surface area contributed by atoms with Crippen LogP contribution in [0.3, 0.4) is 0 Å². The Morgan fingerprint density at radius 1 is 1.20 bits per heavy atom. The Hall–Kier alpha value is -3.56. The minimum atomic E-state index is -0.628. The van der Waals surface area contributed by atoms with Gasteiger partial charge in [0.2, 0.25) is 0 Å². The van der Waals surface area contributed by atoms with Gasteiger partial charge in [-0.2, -0.15) is 0 Å². The van der Waals surface area contributed by atoms with Crippen molar-refractivity contribution < 1.29 is 13.9 Å². The van der Waals surface area contributed by atoms with Crippen LogP contribution >= 0.6 is 0 Å². The number of hydrogen-bond donors (Lipinski definition) is 0. The quantitative estimate of drug-likeness (QED) is 0.442. The fraction of sp³-hybridized carbons (Fsp3) is 0.346.